The fourth-order valence-corrected chi connectivity index (χ4v) is 3.43. The average molecular weight is 361 g/mol. The van der Waals surface area contributed by atoms with Gasteiger partial charge in [-0.1, -0.05) is 24.3 Å². The summed E-state index contributed by atoms with van der Waals surface area (Å²) in [4.78, 5) is 11.1. The number of aryl methyl sites for hydroxylation is 1. The Kier molecular flexibility index (Phi) is 7.40. The molecule has 0 radical (unpaired) electrons. The molecule has 25 heavy (non-hydrogen) atoms. The lowest BCUT2D eigenvalue weighted by Gasteiger charge is -2.21. The second-order valence-electron chi connectivity index (χ2n) is 6.06. The molecule has 1 aromatic heterocycles. The number of thiazole rings is 1. The SMILES string of the molecule is CN=C(NCCc1ccccc1C)N(C)Cc1csc(C(C)OC)n1. The van der Waals surface area contributed by atoms with Crippen LogP contribution in [0.25, 0.3) is 0 Å². The summed E-state index contributed by atoms with van der Waals surface area (Å²) in [5.41, 5.74) is 3.73. The highest BCUT2D eigenvalue weighted by molar-refractivity contribution is 7.09. The van der Waals surface area contributed by atoms with E-state index < -0.39 is 0 Å². The summed E-state index contributed by atoms with van der Waals surface area (Å²) in [6.07, 6.45) is 1.02. The number of hydrogen-bond donors (Lipinski definition) is 1. The highest BCUT2D eigenvalue weighted by Gasteiger charge is 2.12. The predicted molar refractivity (Wildman–Crippen MR) is 105 cm³/mol. The minimum atomic E-state index is 0.0376. The second kappa shape index (κ2) is 9.53. The van der Waals surface area contributed by atoms with Gasteiger partial charge in [0, 0.05) is 33.1 Å². The molecule has 5 nitrogen and oxygen atoms in total. The summed E-state index contributed by atoms with van der Waals surface area (Å²) in [7, 11) is 5.55. The van der Waals surface area contributed by atoms with Gasteiger partial charge in [-0.3, -0.25) is 4.99 Å². The number of nitrogens with zero attached hydrogens (tertiary/aromatic N) is 3. The highest BCUT2D eigenvalue weighted by Crippen LogP contribution is 2.20. The Labute approximate surface area is 154 Å². The average Bonchev–Trinajstić information content (AvgIpc) is 3.07. The van der Waals surface area contributed by atoms with Gasteiger partial charge < -0.3 is 15.0 Å². The number of ether oxygens (including phenoxy) is 1. The number of nitrogens with one attached hydrogen (secondary N) is 1. The van der Waals surface area contributed by atoms with Gasteiger partial charge >= 0.3 is 0 Å². The third-order valence-electron chi connectivity index (χ3n) is 4.18. The van der Waals surface area contributed by atoms with Crippen molar-refractivity contribution < 1.29 is 4.74 Å². The molecule has 0 aliphatic rings. The predicted octanol–water partition coefficient (Wildman–Crippen LogP) is 3.41. The monoisotopic (exact) mass is 360 g/mol. The molecule has 1 heterocycles. The van der Waals surface area contributed by atoms with Gasteiger partial charge in [0.1, 0.15) is 11.1 Å². The van der Waals surface area contributed by atoms with Crippen molar-refractivity contribution in [2.24, 2.45) is 4.99 Å². The first-order valence-corrected chi connectivity index (χ1v) is 9.36. The molecule has 6 heteroatoms. The van der Waals surface area contributed by atoms with E-state index in [0.717, 1.165) is 36.2 Å². The van der Waals surface area contributed by atoms with Crippen molar-refractivity contribution in [2.75, 3.05) is 27.7 Å². The molecule has 0 saturated heterocycles. The van der Waals surface area contributed by atoms with Crippen molar-refractivity contribution >= 4 is 17.3 Å². The van der Waals surface area contributed by atoms with Gasteiger partial charge in [-0.15, -0.1) is 11.3 Å². The lowest BCUT2D eigenvalue weighted by Crippen LogP contribution is -2.39. The van der Waals surface area contributed by atoms with Crippen molar-refractivity contribution in [3.63, 3.8) is 0 Å². The normalized spacial score (nSPS) is 12.9. The first kappa shape index (κ1) is 19.4. The van der Waals surface area contributed by atoms with Gasteiger partial charge in [-0.25, -0.2) is 4.98 Å². The lowest BCUT2D eigenvalue weighted by atomic mass is 10.1. The van der Waals surface area contributed by atoms with Crippen LogP contribution in [0.5, 0.6) is 0 Å². The minimum Gasteiger partial charge on any atom is -0.375 e. The highest BCUT2D eigenvalue weighted by atomic mass is 32.1. The number of aliphatic imine (C=N–C) groups is 1. The van der Waals surface area contributed by atoms with Crippen LogP contribution < -0.4 is 5.32 Å². The first-order valence-electron chi connectivity index (χ1n) is 8.48. The maximum atomic E-state index is 5.33. The summed E-state index contributed by atoms with van der Waals surface area (Å²) in [6.45, 7) is 5.73. The number of guanidine groups is 1. The smallest absolute Gasteiger partial charge is 0.193 e. The van der Waals surface area contributed by atoms with Gasteiger partial charge in [0.15, 0.2) is 5.96 Å². The van der Waals surface area contributed by atoms with E-state index >= 15 is 0 Å². The maximum absolute atomic E-state index is 5.33. The molecular weight excluding hydrogens is 332 g/mol. The van der Waals surface area contributed by atoms with Crippen LogP contribution in [0.4, 0.5) is 0 Å². The van der Waals surface area contributed by atoms with Crippen molar-refractivity contribution in [1.29, 1.82) is 0 Å². The fraction of sp³-hybridized carbons (Fsp3) is 0.474. The van der Waals surface area contributed by atoms with Crippen molar-refractivity contribution in [2.45, 2.75) is 32.9 Å². The lowest BCUT2D eigenvalue weighted by molar-refractivity contribution is 0.119. The van der Waals surface area contributed by atoms with E-state index in [2.05, 4.69) is 56.8 Å². The summed E-state index contributed by atoms with van der Waals surface area (Å²) in [6, 6.07) is 8.49. The Balaban J connectivity index is 1.87. The van der Waals surface area contributed by atoms with Gasteiger partial charge in [0.05, 0.1) is 12.2 Å². The molecular formula is C19H28N4OS. The van der Waals surface area contributed by atoms with E-state index in [-0.39, 0.29) is 6.10 Å². The number of benzene rings is 1. The zero-order valence-electron chi connectivity index (χ0n) is 15.7. The summed E-state index contributed by atoms with van der Waals surface area (Å²) in [5, 5.41) is 6.53. The van der Waals surface area contributed by atoms with Crippen LogP contribution in [0, 0.1) is 6.92 Å². The molecule has 0 fully saturated rings. The third-order valence-corrected chi connectivity index (χ3v) is 5.24. The number of methoxy groups -OCH3 is 1. The molecule has 0 bridgehead atoms. The fourth-order valence-electron chi connectivity index (χ4n) is 2.58. The van der Waals surface area contributed by atoms with Gasteiger partial charge in [0.2, 0.25) is 0 Å². The maximum Gasteiger partial charge on any atom is 0.193 e. The Morgan fingerprint density at radius 2 is 2.16 bits per heavy atom. The molecule has 1 N–H and O–H groups in total. The zero-order valence-corrected chi connectivity index (χ0v) is 16.6. The molecule has 0 aliphatic carbocycles. The molecule has 1 atom stereocenters. The van der Waals surface area contributed by atoms with E-state index in [9.17, 15) is 0 Å². The van der Waals surface area contributed by atoms with Crippen molar-refractivity contribution in [3.05, 3.63) is 51.5 Å². The van der Waals surface area contributed by atoms with E-state index in [1.165, 1.54) is 11.1 Å². The van der Waals surface area contributed by atoms with Gasteiger partial charge in [-0.05, 0) is 31.4 Å². The standard InChI is InChI=1S/C19H28N4OS/c1-14-8-6-7-9-16(14)10-11-21-19(20-3)23(4)12-17-13-25-18(22-17)15(2)24-5/h6-9,13,15H,10-12H2,1-5H3,(H,20,21). The minimum absolute atomic E-state index is 0.0376. The third kappa shape index (κ3) is 5.54. The van der Waals surface area contributed by atoms with Crippen LogP contribution in [-0.2, 0) is 17.7 Å². The summed E-state index contributed by atoms with van der Waals surface area (Å²) in [5.74, 6) is 0.878. The summed E-state index contributed by atoms with van der Waals surface area (Å²) >= 11 is 1.64. The van der Waals surface area contributed by atoms with Crippen molar-refractivity contribution in [3.8, 4) is 0 Å². The van der Waals surface area contributed by atoms with Gasteiger partial charge in [0.25, 0.3) is 0 Å². The zero-order chi connectivity index (χ0) is 18.2. The number of hydrogen-bond acceptors (Lipinski definition) is 4. The molecule has 0 saturated carbocycles. The second-order valence-corrected chi connectivity index (χ2v) is 6.95. The Bertz CT molecular complexity index is 698. The van der Waals surface area contributed by atoms with E-state index in [4.69, 9.17) is 4.74 Å². The quantitative estimate of drug-likeness (QED) is 0.607. The molecule has 136 valence electrons. The number of rotatable bonds is 7. The van der Waals surface area contributed by atoms with Crippen LogP contribution >= 0.6 is 11.3 Å². The molecule has 0 amide bonds. The summed E-state index contributed by atoms with van der Waals surface area (Å²) < 4.78 is 5.33. The molecule has 1 aromatic carbocycles. The van der Waals surface area contributed by atoms with Crippen LogP contribution in [0.1, 0.15) is 34.9 Å². The van der Waals surface area contributed by atoms with Crippen molar-refractivity contribution in [1.82, 2.24) is 15.2 Å². The molecule has 0 aliphatic heterocycles. The van der Waals surface area contributed by atoms with Crippen LogP contribution in [-0.4, -0.2) is 43.6 Å². The molecule has 2 rings (SSSR count). The van der Waals surface area contributed by atoms with E-state index in [1.54, 1.807) is 18.4 Å². The largest absolute Gasteiger partial charge is 0.375 e. The van der Waals surface area contributed by atoms with E-state index in [1.807, 2.05) is 21.0 Å². The molecule has 1 unspecified atom stereocenters. The first-order chi connectivity index (χ1) is 12.0. The Morgan fingerprint density at radius 1 is 1.40 bits per heavy atom. The molecule has 0 spiro atoms. The Morgan fingerprint density at radius 3 is 2.84 bits per heavy atom. The van der Waals surface area contributed by atoms with Crippen LogP contribution in [0.2, 0.25) is 0 Å². The Hall–Kier alpha value is -1.92. The number of aromatic nitrogens is 1. The topological polar surface area (TPSA) is 49.8 Å². The van der Waals surface area contributed by atoms with E-state index in [0.29, 0.717) is 0 Å². The van der Waals surface area contributed by atoms with Crippen LogP contribution in [0.15, 0.2) is 34.6 Å². The molecule has 2 aromatic rings. The van der Waals surface area contributed by atoms with Crippen LogP contribution in [0.3, 0.4) is 0 Å². The van der Waals surface area contributed by atoms with Gasteiger partial charge in [-0.2, -0.15) is 0 Å².